The van der Waals surface area contributed by atoms with Gasteiger partial charge in [0.05, 0.1) is 0 Å². The monoisotopic (exact) mass is 646 g/mol. The molecule has 0 N–H and O–H groups in total. The van der Waals surface area contributed by atoms with Crippen LogP contribution in [0.1, 0.15) is 0 Å². The van der Waals surface area contributed by atoms with Crippen molar-refractivity contribution >= 4 is 75.8 Å². The second-order valence-corrected chi connectivity index (χ2v) is 13.5. The lowest BCUT2D eigenvalue weighted by atomic mass is 9.82. The van der Waals surface area contributed by atoms with Crippen LogP contribution in [0.4, 0.5) is 0 Å². The Labute approximate surface area is 294 Å². The summed E-state index contributed by atoms with van der Waals surface area (Å²) in [5.74, 6) is 0. The molecule has 10 aromatic carbocycles. The minimum Gasteiger partial charge on any atom is -0.455 e. The Balaban J connectivity index is 1.21. The average Bonchev–Trinajstić information content (AvgIpc) is 3.59. The van der Waals surface area contributed by atoms with E-state index in [2.05, 4.69) is 176 Å². The molecule has 51 heavy (non-hydrogen) atoms. The minimum absolute atomic E-state index is 0.915. The van der Waals surface area contributed by atoms with Crippen molar-refractivity contribution in [2.45, 2.75) is 0 Å². The van der Waals surface area contributed by atoms with E-state index in [1.54, 1.807) is 0 Å². The van der Waals surface area contributed by atoms with Gasteiger partial charge in [-0.25, -0.2) is 0 Å². The fraction of sp³-hybridized carbons (Fsp3) is 0. The van der Waals surface area contributed by atoms with E-state index < -0.39 is 0 Å². The third-order valence-corrected chi connectivity index (χ3v) is 10.9. The Morgan fingerprint density at radius 1 is 0.235 bits per heavy atom. The van der Waals surface area contributed by atoms with E-state index >= 15 is 0 Å². The smallest absolute Gasteiger partial charge is 0.143 e. The Hall–Kier alpha value is -6.70. The Morgan fingerprint density at radius 2 is 0.686 bits per heavy atom. The van der Waals surface area contributed by atoms with Gasteiger partial charge in [-0.1, -0.05) is 176 Å². The van der Waals surface area contributed by atoms with E-state index in [4.69, 9.17) is 4.42 Å². The maximum absolute atomic E-state index is 6.53. The number of rotatable bonds is 3. The molecule has 0 fully saturated rings. The molecule has 0 amide bonds. The number of para-hydroxylation sites is 2. The van der Waals surface area contributed by atoms with Crippen molar-refractivity contribution in [3.8, 4) is 33.4 Å². The predicted octanol–water partition coefficient (Wildman–Crippen LogP) is 14.4. The normalized spacial score (nSPS) is 11.9. The van der Waals surface area contributed by atoms with E-state index in [1.807, 2.05) is 6.07 Å². The van der Waals surface area contributed by atoms with E-state index in [-0.39, 0.29) is 0 Å². The maximum atomic E-state index is 6.53. The highest BCUT2D eigenvalue weighted by Gasteiger charge is 2.21. The first-order valence-corrected chi connectivity index (χ1v) is 17.6. The second-order valence-electron chi connectivity index (χ2n) is 13.5. The number of fused-ring (bicyclic) bond motifs is 9. The third kappa shape index (κ3) is 4.09. The van der Waals surface area contributed by atoms with Crippen LogP contribution < -0.4 is 0 Å². The molecular weight excluding hydrogens is 617 g/mol. The molecule has 0 bridgehead atoms. The molecule has 0 radical (unpaired) electrons. The van der Waals surface area contributed by atoms with Gasteiger partial charge in [0.1, 0.15) is 11.2 Å². The van der Waals surface area contributed by atoms with Crippen molar-refractivity contribution in [2.24, 2.45) is 0 Å². The largest absolute Gasteiger partial charge is 0.455 e. The summed E-state index contributed by atoms with van der Waals surface area (Å²) in [7, 11) is 0. The van der Waals surface area contributed by atoms with E-state index in [0.717, 1.165) is 27.5 Å². The first kappa shape index (κ1) is 28.2. The molecule has 0 unspecified atom stereocenters. The molecule has 1 heteroatoms. The number of hydrogen-bond acceptors (Lipinski definition) is 1. The van der Waals surface area contributed by atoms with Gasteiger partial charge in [-0.15, -0.1) is 0 Å². The molecule has 1 aromatic heterocycles. The van der Waals surface area contributed by atoms with Crippen LogP contribution in [0, 0.1) is 0 Å². The zero-order valence-corrected chi connectivity index (χ0v) is 27.7. The topological polar surface area (TPSA) is 13.1 Å². The number of hydrogen-bond donors (Lipinski definition) is 0. The lowest BCUT2D eigenvalue weighted by molar-refractivity contribution is 0.670. The van der Waals surface area contributed by atoms with Gasteiger partial charge >= 0.3 is 0 Å². The van der Waals surface area contributed by atoms with Crippen molar-refractivity contribution < 1.29 is 4.42 Å². The molecule has 0 saturated heterocycles. The first-order chi connectivity index (χ1) is 25.3. The van der Waals surface area contributed by atoms with Crippen LogP contribution in [-0.4, -0.2) is 0 Å². The Morgan fingerprint density at radius 3 is 1.37 bits per heavy atom. The third-order valence-electron chi connectivity index (χ3n) is 10.9. The predicted molar refractivity (Wildman–Crippen MR) is 218 cm³/mol. The van der Waals surface area contributed by atoms with Gasteiger partial charge in [0.25, 0.3) is 0 Å². The summed E-state index contributed by atoms with van der Waals surface area (Å²) in [6.07, 6.45) is 0. The Kier molecular flexibility index (Phi) is 6.02. The summed E-state index contributed by atoms with van der Waals surface area (Å²) in [6, 6.07) is 66.3. The average molecular weight is 647 g/mol. The highest BCUT2D eigenvalue weighted by molar-refractivity contribution is 6.27. The summed E-state index contributed by atoms with van der Waals surface area (Å²) in [5.41, 5.74) is 9.17. The zero-order valence-electron chi connectivity index (χ0n) is 27.7. The summed E-state index contributed by atoms with van der Waals surface area (Å²) in [6.45, 7) is 0. The standard InChI is InChI=1S/C50H30O/c1-2-14-32-31(13-1)27-28-36-33(32)22-11-23-39(36)48-40-18-5-7-20-42(40)49(43-21-8-6-19-41(43)48)44-30-29-37(34-15-3-4-16-35(34)44)45-24-12-25-46-38-17-9-10-26-47(38)51-50(45)46/h1-30H. The van der Waals surface area contributed by atoms with E-state index in [1.165, 1.54) is 81.7 Å². The number of benzene rings is 10. The van der Waals surface area contributed by atoms with Gasteiger partial charge in [-0.3, -0.25) is 0 Å². The summed E-state index contributed by atoms with van der Waals surface area (Å²) in [4.78, 5) is 0. The summed E-state index contributed by atoms with van der Waals surface area (Å²) >= 11 is 0. The van der Waals surface area contributed by atoms with Crippen molar-refractivity contribution in [3.63, 3.8) is 0 Å². The lowest BCUT2D eigenvalue weighted by Crippen LogP contribution is -1.93. The van der Waals surface area contributed by atoms with Gasteiger partial charge in [-0.05, 0) is 87.7 Å². The second kappa shape index (κ2) is 10.9. The first-order valence-electron chi connectivity index (χ1n) is 17.6. The SMILES string of the molecule is c1ccc2c(c1)ccc1c(-c3c4ccccc4c(-c4ccc(-c5cccc6c5oc5ccccc56)c5ccccc45)c4ccccc34)cccc12. The van der Waals surface area contributed by atoms with Crippen molar-refractivity contribution in [1.29, 1.82) is 0 Å². The molecular formula is C50H30O. The van der Waals surface area contributed by atoms with Crippen LogP contribution in [0.3, 0.4) is 0 Å². The van der Waals surface area contributed by atoms with Crippen LogP contribution >= 0.6 is 0 Å². The van der Waals surface area contributed by atoms with Crippen molar-refractivity contribution in [3.05, 3.63) is 182 Å². The van der Waals surface area contributed by atoms with Crippen molar-refractivity contribution in [1.82, 2.24) is 0 Å². The van der Waals surface area contributed by atoms with E-state index in [9.17, 15) is 0 Å². The van der Waals surface area contributed by atoms with E-state index in [0.29, 0.717) is 0 Å². The molecule has 0 saturated carbocycles. The quantitative estimate of drug-likeness (QED) is 0.138. The van der Waals surface area contributed by atoms with Crippen LogP contribution in [-0.2, 0) is 0 Å². The van der Waals surface area contributed by atoms with Gasteiger partial charge in [0.15, 0.2) is 0 Å². The van der Waals surface area contributed by atoms with Crippen molar-refractivity contribution in [2.75, 3.05) is 0 Å². The van der Waals surface area contributed by atoms with Gasteiger partial charge in [0.2, 0.25) is 0 Å². The summed E-state index contributed by atoms with van der Waals surface area (Å²) in [5, 5.41) is 14.8. The van der Waals surface area contributed by atoms with Gasteiger partial charge in [0, 0.05) is 16.3 Å². The highest BCUT2D eigenvalue weighted by atomic mass is 16.3. The molecule has 1 nitrogen and oxygen atoms in total. The maximum Gasteiger partial charge on any atom is 0.143 e. The molecule has 0 spiro atoms. The van der Waals surface area contributed by atoms with Gasteiger partial charge < -0.3 is 4.42 Å². The van der Waals surface area contributed by atoms with Crippen LogP contribution in [0.25, 0.3) is 109 Å². The fourth-order valence-electron chi connectivity index (χ4n) is 8.68. The molecule has 11 rings (SSSR count). The molecule has 0 aliphatic rings. The minimum atomic E-state index is 0.915. The lowest BCUT2D eigenvalue weighted by Gasteiger charge is -2.20. The highest BCUT2D eigenvalue weighted by Crippen LogP contribution is 2.48. The fourth-order valence-corrected chi connectivity index (χ4v) is 8.68. The molecule has 0 aliphatic heterocycles. The zero-order chi connectivity index (χ0) is 33.5. The van der Waals surface area contributed by atoms with Crippen LogP contribution in [0.2, 0.25) is 0 Å². The molecule has 0 aliphatic carbocycles. The molecule has 236 valence electrons. The van der Waals surface area contributed by atoms with Gasteiger partial charge in [-0.2, -0.15) is 0 Å². The Bertz CT molecular complexity index is 3140. The number of furan rings is 1. The molecule has 1 heterocycles. The molecule has 0 atom stereocenters. The van der Waals surface area contributed by atoms with Crippen LogP contribution in [0.5, 0.6) is 0 Å². The summed E-state index contributed by atoms with van der Waals surface area (Å²) < 4.78 is 6.53. The van der Waals surface area contributed by atoms with Crippen LogP contribution in [0.15, 0.2) is 186 Å². The molecule has 11 aromatic rings.